The third-order valence-corrected chi connectivity index (χ3v) is 14.2. The molecule has 422 valence electrons. The second kappa shape index (κ2) is 24.2. The number of aryl methyl sites for hydroxylation is 2. The van der Waals surface area contributed by atoms with Gasteiger partial charge in [0.2, 0.25) is 0 Å². The second-order valence-electron chi connectivity index (χ2n) is 19.8. The fraction of sp³-hybridized carbons (Fsp3) is 0.250. The zero-order chi connectivity index (χ0) is 58.4. The van der Waals surface area contributed by atoms with Gasteiger partial charge in [0.15, 0.2) is 0 Å². The molecule has 0 saturated carbocycles. The molecule has 0 radical (unpaired) electrons. The maximum Gasteiger partial charge on any atom is 0.416 e. The smallest absolute Gasteiger partial charge is 0.416 e. The Morgan fingerprint density at radius 2 is 0.659 bits per heavy atom. The van der Waals surface area contributed by atoms with Crippen LogP contribution in [0.1, 0.15) is 95.9 Å². The van der Waals surface area contributed by atoms with Crippen LogP contribution in [0.15, 0.2) is 146 Å². The van der Waals surface area contributed by atoms with Crippen molar-refractivity contribution in [3.05, 3.63) is 190 Å². The van der Waals surface area contributed by atoms with Gasteiger partial charge in [-0.2, -0.15) is 63.2 Å². The summed E-state index contributed by atoms with van der Waals surface area (Å²) in [6.45, 7) is 1.27. The Bertz CT molecular complexity index is 3510. The first-order valence-corrected chi connectivity index (χ1v) is 26.3. The summed E-state index contributed by atoms with van der Waals surface area (Å²) in [7, 11) is 0. The van der Waals surface area contributed by atoms with Gasteiger partial charge in [-0.1, -0.05) is 98.5 Å². The SMILES string of the molecule is N#C/C(=C\c1cc(OCCCCCCn2c3ccccc3c3ccccc32)c(/C=C(\C#N)c2cc(C(F)(F)F)cc(C(F)(F)F)c2)cc1OCCCCCCn1c2ccccc2c2ccccc21)c1cc(C(F)(F)F)cc(C(F)(F)F)c1. The molecule has 0 fully saturated rings. The van der Waals surface area contributed by atoms with Crippen molar-refractivity contribution in [3.63, 3.8) is 0 Å². The van der Waals surface area contributed by atoms with Crippen molar-refractivity contribution >= 4 is 66.9 Å². The molecule has 18 heteroatoms. The minimum atomic E-state index is -5.26. The van der Waals surface area contributed by atoms with Crippen LogP contribution in [0.25, 0.3) is 66.9 Å². The molecule has 2 heterocycles. The van der Waals surface area contributed by atoms with Crippen LogP contribution < -0.4 is 9.47 Å². The highest BCUT2D eigenvalue weighted by atomic mass is 19.4. The fourth-order valence-electron chi connectivity index (χ4n) is 10.3. The average Bonchev–Trinajstić information content (AvgIpc) is 3.38. The Morgan fingerprint density at radius 3 is 0.939 bits per heavy atom. The van der Waals surface area contributed by atoms with Gasteiger partial charge in [-0.05, 0) is 122 Å². The van der Waals surface area contributed by atoms with Crippen molar-refractivity contribution in [1.29, 1.82) is 10.5 Å². The number of aromatic nitrogens is 2. The third-order valence-electron chi connectivity index (χ3n) is 14.2. The zero-order valence-electron chi connectivity index (χ0n) is 43.6. The molecule has 0 saturated heterocycles. The molecule has 82 heavy (non-hydrogen) atoms. The number of nitrogens with zero attached hydrogens (tertiary/aromatic N) is 4. The Morgan fingerprint density at radius 1 is 0.378 bits per heavy atom. The van der Waals surface area contributed by atoms with Gasteiger partial charge in [-0.25, -0.2) is 0 Å². The van der Waals surface area contributed by atoms with E-state index >= 15 is 0 Å². The molecular weight excluding hydrogens is 1080 g/mol. The number of para-hydroxylation sites is 4. The minimum absolute atomic E-state index is 0.0501. The standard InChI is InChI=1S/C64H50F12N4O2/c65-61(66,67)47-31-41(32-48(37-47)62(68,69)70)45(39-77)29-43-36-60(82-28-16-4-2-14-26-80-57-23-11-7-19-53(57)54-20-8-12-24-58(54)80)44(30-46(40-78)42-33-49(63(71,72)73)38-50(34-42)64(74,75)76)35-59(43)81-27-15-3-1-13-25-79-55-21-9-5-17-51(55)52-18-6-10-22-56(52)79/h5-12,17-24,29-38H,1-4,13-16,25-28H2/b45-29+,46-30+. The minimum Gasteiger partial charge on any atom is -0.493 e. The van der Waals surface area contributed by atoms with Crippen LogP contribution in [-0.4, -0.2) is 22.3 Å². The predicted octanol–water partition coefficient (Wildman–Crippen LogP) is 19.4. The Kier molecular flexibility index (Phi) is 17.1. The molecule has 7 aromatic carbocycles. The van der Waals surface area contributed by atoms with Crippen molar-refractivity contribution < 1.29 is 62.2 Å². The zero-order valence-corrected chi connectivity index (χ0v) is 43.6. The van der Waals surface area contributed by atoms with Crippen LogP contribution in [0, 0.1) is 22.7 Å². The van der Waals surface area contributed by atoms with E-state index in [1.807, 2.05) is 72.8 Å². The van der Waals surface area contributed by atoms with Crippen molar-refractivity contribution in [2.24, 2.45) is 0 Å². The highest BCUT2D eigenvalue weighted by Gasteiger charge is 2.39. The fourth-order valence-corrected chi connectivity index (χ4v) is 10.3. The average molecular weight is 1140 g/mol. The van der Waals surface area contributed by atoms with Crippen LogP contribution in [0.3, 0.4) is 0 Å². The number of rotatable bonds is 20. The Hall–Kier alpha value is -8.64. The van der Waals surface area contributed by atoms with E-state index in [0.717, 1.165) is 81.4 Å². The van der Waals surface area contributed by atoms with Gasteiger partial charge >= 0.3 is 24.7 Å². The molecule has 9 aromatic rings. The van der Waals surface area contributed by atoms with E-state index < -0.39 is 69.2 Å². The molecule has 0 amide bonds. The van der Waals surface area contributed by atoms with E-state index in [9.17, 15) is 63.2 Å². The topological polar surface area (TPSA) is 75.9 Å². The van der Waals surface area contributed by atoms with Gasteiger partial charge < -0.3 is 18.6 Å². The van der Waals surface area contributed by atoms with Crippen LogP contribution in [0.2, 0.25) is 0 Å². The monoisotopic (exact) mass is 1130 g/mol. The van der Waals surface area contributed by atoms with Gasteiger partial charge in [0, 0.05) is 67.8 Å². The van der Waals surface area contributed by atoms with Gasteiger partial charge in [0.1, 0.15) is 11.5 Å². The van der Waals surface area contributed by atoms with Crippen LogP contribution in [0.4, 0.5) is 52.7 Å². The number of alkyl halides is 12. The van der Waals surface area contributed by atoms with E-state index in [2.05, 4.69) is 33.4 Å². The van der Waals surface area contributed by atoms with Crippen molar-refractivity contribution in [2.75, 3.05) is 13.2 Å². The summed E-state index contributed by atoms with van der Waals surface area (Å²) >= 11 is 0. The lowest BCUT2D eigenvalue weighted by atomic mass is 9.96. The first-order valence-electron chi connectivity index (χ1n) is 26.3. The lowest BCUT2D eigenvalue weighted by Crippen LogP contribution is -2.11. The molecule has 0 spiro atoms. The number of halogens is 12. The molecular formula is C64H50F12N4O2. The lowest BCUT2D eigenvalue weighted by molar-refractivity contribution is -0.144. The van der Waals surface area contributed by atoms with Crippen LogP contribution in [0.5, 0.6) is 11.5 Å². The number of hydrogen-bond donors (Lipinski definition) is 0. The van der Waals surface area contributed by atoms with Gasteiger partial charge in [-0.3, -0.25) is 0 Å². The predicted molar refractivity (Wildman–Crippen MR) is 293 cm³/mol. The summed E-state index contributed by atoms with van der Waals surface area (Å²) in [5, 5.41) is 25.3. The normalized spacial score (nSPS) is 12.9. The summed E-state index contributed by atoms with van der Waals surface area (Å²) in [6.07, 6.45) is -14.1. The number of unbranched alkanes of at least 4 members (excludes halogenated alkanes) is 6. The number of hydrogen-bond acceptors (Lipinski definition) is 4. The summed E-state index contributed by atoms with van der Waals surface area (Å²) in [4.78, 5) is 0. The number of allylic oxidation sites excluding steroid dienone is 2. The molecule has 6 nitrogen and oxygen atoms in total. The number of nitriles is 2. The van der Waals surface area contributed by atoms with Crippen molar-refractivity contribution in [2.45, 2.75) is 89.2 Å². The van der Waals surface area contributed by atoms with Crippen molar-refractivity contribution in [1.82, 2.24) is 9.13 Å². The summed E-state index contributed by atoms with van der Waals surface area (Å²) in [5.74, 6) is -0.302. The van der Waals surface area contributed by atoms with Gasteiger partial charge in [-0.15, -0.1) is 0 Å². The maximum absolute atomic E-state index is 14.1. The van der Waals surface area contributed by atoms with E-state index in [4.69, 9.17) is 9.47 Å². The first kappa shape index (κ1) is 58.0. The number of fused-ring (bicyclic) bond motifs is 6. The lowest BCUT2D eigenvalue weighted by Gasteiger charge is -2.17. The van der Waals surface area contributed by atoms with Crippen molar-refractivity contribution in [3.8, 4) is 23.6 Å². The summed E-state index contributed by atoms with van der Waals surface area (Å²) in [6, 6.07) is 39.4. The summed E-state index contributed by atoms with van der Waals surface area (Å²) < 4.78 is 186. The van der Waals surface area contributed by atoms with E-state index in [1.54, 1.807) is 12.1 Å². The van der Waals surface area contributed by atoms with E-state index in [-0.39, 0.29) is 48.0 Å². The molecule has 9 rings (SSSR count). The van der Waals surface area contributed by atoms with E-state index in [0.29, 0.717) is 63.0 Å². The van der Waals surface area contributed by atoms with Crippen LogP contribution >= 0.6 is 0 Å². The molecule has 0 aliphatic heterocycles. The van der Waals surface area contributed by atoms with Crippen LogP contribution in [-0.2, 0) is 37.8 Å². The molecule has 0 N–H and O–H groups in total. The van der Waals surface area contributed by atoms with E-state index in [1.165, 1.54) is 12.1 Å². The molecule has 0 unspecified atom stereocenters. The quantitative estimate of drug-likeness (QED) is 0.0330. The highest BCUT2D eigenvalue weighted by molar-refractivity contribution is 6.09. The molecule has 0 atom stereocenters. The number of benzene rings is 7. The Labute approximate surface area is 463 Å². The Balaban J connectivity index is 1.04. The van der Waals surface area contributed by atoms with Gasteiger partial charge in [0.05, 0.1) is 58.8 Å². The maximum atomic E-state index is 14.1. The first-order chi connectivity index (χ1) is 39.1. The second-order valence-corrected chi connectivity index (χ2v) is 19.8. The third kappa shape index (κ3) is 13.2. The molecule has 0 bridgehead atoms. The molecule has 0 aliphatic carbocycles. The van der Waals surface area contributed by atoms with Gasteiger partial charge in [0.25, 0.3) is 0 Å². The molecule has 2 aromatic heterocycles. The molecule has 0 aliphatic rings. The largest absolute Gasteiger partial charge is 0.493 e. The highest BCUT2D eigenvalue weighted by Crippen LogP contribution is 2.42. The number of ether oxygens (including phenoxy) is 2. The summed E-state index contributed by atoms with van der Waals surface area (Å²) in [5.41, 5.74) is -5.44.